The number of nitrogens with one attached hydrogen (secondary N) is 1. The summed E-state index contributed by atoms with van der Waals surface area (Å²) in [5.74, 6) is -1.49. The monoisotopic (exact) mass is 966 g/mol. The third-order valence-corrected chi connectivity index (χ3v) is 14.6. The molecule has 0 spiro atoms. The maximum atomic E-state index is 13.0. The number of rotatable bonds is 55. The Labute approximate surface area is 419 Å². The van der Waals surface area contributed by atoms with E-state index >= 15 is 0 Å². The Morgan fingerprint density at radius 3 is 0.985 bits per heavy atom. The largest absolute Gasteiger partial charge is 0.480 e. The summed E-state index contributed by atoms with van der Waals surface area (Å²) in [5.41, 5.74) is 0. The summed E-state index contributed by atoms with van der Waals surface area (Å²) < 4.78 is 11.5. The second-order valence-corrected chi connectivity index (χ2v) is 21.3. The van der Waals surface area contributed by atoms with Gasteiger partial charge in [0, 0.05) is 30.8 Å². The molecular formula is C58H111NO7S. The van der Waals surface area contributed by atoms with E-state index in [2.05, 4.69) is 26.1 Å². The van der Waals surface area contributed by atoms with Crippen molar-refractivity contribution in [3.63, 3.8) is 0 Å². The molecule has 0 saturated carbocycles. The lowest BCUT2D eigenvalue weighted by Crippen LogP contribution is -2.42. The molecule has 0 saturated heterocycles. The first-order valence-corrected chi connectivity index (χ1v) is 30.4. The van der Waals surface area contributed by atoms with Gasteiger partial charge in [-0.05, 0) is 19.3 Å². The van der Waals surface area contributed by atoms with Gasteiger partial charge in [-0.15, -0.1) is 0 Å². The molecule has 396 valence electrons. The van der Waals surface area contributed by atoms with E-state index in [0.29, 0.717) is 19.3 Å². The van der Waals surface area contributed by atoms with E-state index in [-0.39, 0.29) is 36.0 Å². The molecule has 9 heteroatoms. The number of unbranched alkanes of at least 4 members (excludes halogenated alkanes) is 40. The number of carboxylic acid groups (broad SMARTS) is 1. The number of carbonyl (C=O) groups excluding carboxylic acids is 3. The zero-order valence-electron chi connectivity index (χ0n) is 44.6. The Hall–Kier alpha value is -1.77. The highest BCUT2D eigenvalue weighted by Gasteiger charge is 2.23. The van der Waals surface area contributed by atoms with Crippen molar-refractivity contribution in [3.05, 3.63) is 0 Å². The van der Waals surface area contributed by atoms with Gasteiger partial charge in [0.2, 0.25) is 5.91 Å². The van der Waals surface area contributed by atoms with Crippen LogP contribution in [0.5, 0.6) is 0 Å². The van der Waals surface area contributed by atoms with Crippen LogP contribution in [0.15, 0.2) is 0 Å². The predicted octanol–water partition coefficient (Wildman–Crippen LogP) is 17.7. The molecule has 67 heavy (non-hydrogen) atoms. The quantitative estimate of drug-likeness (QED) is 0.0457. The Morgan fingerprint density at radius 2 is 0.672 bits per heavy atom. The number of carbonyl (C=O) groups is 4. The molecular weight excluding hydrogens is 855 g/mol. The summed E-state index contributed by atoms with van der Waals surface area (Å²) >= 11 is 1.31. The molecule has 0 aromatic heterocycles. The minimum Gasteiger partial charge on any atom is -0.480 e. The molecule has 2 N–H and O–H groups in total. The predicted molar refractivity (Wildman–Crippen MR) is 287 cm³/mol. The third kappa shape index (κ3) is 50.4. The Bertz CT molecular complexity index is 1090. The van der Waals surface area contributed by atoms with Crippen molar-refractivity contribution >= 4 is 35.6 Å². The summed E-state index contributed by atoms with van der Waals surface area (Å²) in [4.78, 5) is 50.5. The van der Waals surface area contributed by atoms with Gasteiger partial charge in [0.15, 0.2) is 0 Å². The fourth-order valence-corrected chi connectivity index (χ4v) is 9.99. The standard InChI is InChI=1S/C58H111NO7S/c1-4-7-10-13-16-19-22-25-27-30-33-36-39-42-45-48-56(61)65-50-53(66-57(62)49-46-43-40-37-34-31-28-26-23-20-17-14-11-8-5-2)51-67-52-54(58(63)64)59-55(60)47-44-41-38-35-32-29-24-21-18-15-12-9-6-3/h53-54H,4-52H2,1-3H3,(H,59,60)(H,63,64)/t53-,54-/m1/s1. The molecule has 0 fully saturated rings. The third-order valence-electron chi connectivity index (χ3n) is 13.4. The average molecular weight is 967 g/mol. The molecule has 2 atom stereocenters. The van der Waals surface area contributed by atoms with Gasteiger partial charge in [0.1, 0.15) is 18.8 Å². The average Bonchev–Trinajstić information content (AvgIpc) is 3.31. The van der Waals surface area contributed by atoms with Crippen molar-refractivity contribution < 1.29 is 33.8 Å². The fourth-order valence-electron chi connectivity index (χ4n) is 8.96. The van der Waals surface area contributed by atoms with Crippen molar-refractivity contribution in [3.8, 4) is 0 Å². The summed E-state index contributed by atoms with van der Waals surface area (Å²) in [6.45, 7) is 6.75. The topological polar surface area (TPSA) is 119 Å². The van der Waals surface area contributed by atoms with E-state index in [1.165, 1.54) is 230 Å². The summed E-state index contributed by atoms with van der Waals surface area (Å²) in [6.07, 6.45) is 54.1. The fraction of sp³-hybridized carbons (Fsp3) is 0.931. The first-order valence-electron chi connectivity index (χ1n) is 29.3. The second-order valence-electron chi connectivity index (χ2n) is 20.2. The Balaban J connectivity index is 4.57. The highest BCUT2D eigenvalue weighted by Crippen LogP contribution is 2.18. The maximum absolute atomic E-state index is 13.0. The molecule has 8 nitrogen and oxygen atoms in total. The first-order chi connectivity index (χ1) is 32.8. The van der Waals surface area contributed by atoms with E-state index in [1.54, 1.807) is 0 Å². The highest BCUT2D eigenvalue weighted by atomic mass is 32.2. The van der Waals surface area contributed by atoms with Crippen molar-refractivity contribution in [2.24, 2.45) is 0 Å². The first kappa shape index (κ1) is 65.2. The molecule has 0 aromatic carbocycles. The molecule has 0 aromatic rings. The zero-order valence-corrected chi connectivity index (χ0v) is 45.4. The summed E-state index contributed by atoms with van der Waals surface area (Å²) in [7, 11) is 0. The highest BCUT2D eigenvalue weighted by molar-refractivity contribution is 7.99. The number of esters is 2. The van der Waals surface area contributed by atoms with Crippen molar-refractivity contribution in [2.45, 2.75) is 328 Å². The minimum absolute atomic E-state index is 0.0433. The van der Waals surface area contributed by atoms with E-state index in [0.717, 1.165) is 57.8 Å². The van der Waals surface area contributed by atoms with Gasteiger partial charge in [0.25, 0.3) is 0 Å². The summed E-state index contributed by atoms with van der Waals surface area (Å²) in [6, 6.07) is -1.04. The van der Waals surface area contributed by atoms with Crippen LogP contribution in [0.25, 0.3) is 0 Å². The van der Waals surface area contributed by atoms with E-state index < -0.39 is 18.1 Å². The maximum Gasteiger partial charge on any atom is 0.327 e. The van der Waals surface area contributed by atoms with Crippen LogP contribution in [-0.2, 0) is 28.7 Å². The number of aliphatic carboxylic acids is 1. The van der Waals surface area contributed by atoms with Crippen molar-refractivity contribution in [1.82, 2.24) is 5.32 Å². The van der Waals surface area contributed by atoms with Crippen LogP contribution in [-0.4, -0.2) is 59.2 Å². The summed E-state index contributed by atoms with van der Waals surface area (Å²) in [5, 5.41) is 12.6. The van der Waals surface area contributed by atoms with Crippen LogP contribution < -0.4 is 5.32 Å². The van der Waals surface area contributed by atoms with E-state index in [9.17, 15) is 24.3 Å². The van der Waals surface area contributed by atoms with Crippen LogP contribution in [0.1, 0.15) is 316 Å². The van der Waals surface area contributed by atoms with Gasteiger partial charge < -0.3 is 19.9 Å². The van der Waals surface area contributed by atoms with Crippen LogP contribution in [0.3, 0.4) is 0 Å². The number of amides is 1. The number of carboxylic acids is 1. The van der Waals surface area contributed by atoms with Gasteiger partial charge in [-0.25, -0.2) is 4.79 Å². The molecule has 0 rings (SSSR count). The second kappa shape index (κ2) is 53.6. The smallest absolute Gasteiger partial charge is 0.327 e. The zero-order chi connectivity index (χ0) is 48.9. The lowest BCUT2D eigenvalue weighted by atomic mass is 10.0. The van der Waals surface area contributed by atoms with E-state index in [4.69, 9.17) is 9.47 Å². The minimum atomic E-state index is -1.08. The van der Waals surface area contributed by atoms with Gasteiger partial charge in [-0.3, -0.25) is 14.4 Å². The number of hydrogen-bond acceptors (Lipinski definition) is 7. The molecule has 0 unspecified atom stereocenters. The van der Waals surface area contributed by atoms with Crippen molar-refractivity contribution in [1.29, 1.82) is 0 Å². The molecule has 0 aliphatic carbocycles. The van der Waals surface area contributed by atoms with Crippen LogP contribution in [0.2, 0.25) is 0 Å². The van der Waals surface area contributed by atoms with Gasteiger partial charge >= 0.3 is 17.9 Å². The van der Waals surface area contributed by atoms with Crippen molar-refractivity contribution in [2.75, 3.05) is 18.1 Å². The van der Waals surface area contributed by atoms with E-state index in [1.807, 2.05) is 0 Å². The van der Waals surface area contributed by atoms with Gasteiger partial charge in [0.05, 0.1) is 0 Å². The van der Waals surface area contributed by atoms with Crippen LogP contribution in [0.4, 0.5) is 0 Å². The molecule has 0 heterocycles. The molecule has 0 aliphatic rings. The van der Waals surface area contributed by atoms with Gasteiger partial charge in [-0.1, -0.05) is 278 Å². The molecule has 1 amide bonds. The number of hydrogen-bond donors (Lipinski definition) is 2. The molecule has 0 aliphatic heterocycles. The Morgan fingerprint density at radius 1 is 0.388 bits per heavy atom. The Kier molecular flexibility index (Phi) is 52.2. The lowest BCUT2D eigenvalue weighted by Gasteiger charge is -2.19. The van der Waals surface area contributed by atoms with Gasteiger partial charge in [-0.2, -0.15) is 11.8 Å². The number of thioether (sulfide) groups is 1. The molecule has 0 radical (unpaired) electrons. The SMILES string of the molecule is CCCCCCCCCCCCCCCCCC(=O)OC[C@H](CSC[C@@H](NC(=O)CCCCCCCCCCCCCCC)C(=O)O)OC(=O)CCCCCCCCCCCCCCCCC. The van der Waals surface area contributed by atoms with Crippen LogP contribution in [0, 0.1) is 0 Å². The lowest BCUT2D eigenvalue weighted by molar-refractivity contribution is -0.157. The number of ether oxygens (including phenoxy) is 2. The molecule has 0 bridgehead atoms. The van der Waals surface area contributed by atoms with Crippen LogP contribution >= 0.6 is 11.8 Å². The normalized spacial score (nSPS) is 12.3.